The lowest BCUT2D eigenvalue weighted by Gasteiger charge is -2.19. The molecule has 1 fully saturated rings. The first kappa shape index (κ1) is 16.6. The van der Waals surface area contributed by atoms with E-state index < -0.39 is 16.1 Å². The van der Waals surface area contributed by atoms with Gasteiger partial charge < -0.3 is 10.0 Å². The highest BCUT2D eigenvalue weighted by molar-refractivity contribution is 7.89. The summed E-state index contributed by atoms with van der Waals surface area (Å²) < 4.78 is 26.3. The molecular formula is C14H20N4O3S2. The van der Waals surface area contributed by atoms with E-state index in [9.17, 15) is 13.5 Å². The minimum atomic E-state index is -3.34. The van der Waals surface area contributed by atoms with Crippen LogP contribution in [0.5, 0.6) is 0 Å². The molecule has 9 heteroatoms. The second kappa shape index (κ2) is 5.97. The predicted molar refractivity (Wildman–Crippen MR) is 91.3 cm³/mol. The highest BCUT2D eigenvalue weighted by Gasteiger charge is 2.36. The van der Waals surface area contributed by atoms with Crippen molar-refractivity contribution in [2.45, 2.75) is 13.0 Å². The summed E-state index contributed by atoms with van der Waals surface area (Å²) in [5, 5.41) is 12.3. The number of fused-ring (bicyclic) bond motifs is 1. The molecule has 0 saturated carbocycles. The van der Waals surface area contributed by atoms with Crippen LogP contribution in [0.15, 0.2) is 11.4 Å². The molecule has 0 amide bonds. The number of hydrogen-bond donors (Lipinski definition) is 1. The van der Waals surface area contributed by atoms with Crippen LogP contribution < -0.4 is 4.90 Å². The standard InChI is InChI=1S/C14H20N4O3S2/c1-9-15-11-4-5-22-13(11)14(16-9)18-6-10(12(19)7-18)8-23(20,21)17(2)3/h4-5,10,12,19H,6-8H2,1-3H3/t10-,12-/m0/s1. The van der Waals surface area contributed by atoms with Gasteiger partial charge in [-0.25, -0.2) is 22.7 Å². The average molecular weight is 356 g/mol. The van der Waals surface area contributed by atoms with Gasteiger partial charge in [-0.3, -0.25) is 0 Å². The molecule has 1 saturated heterocycles. The van der Waals surface area contributed by atoms with Crippen LogP contribution in [-0.2, 0) is 10.0 Å². The van der Waals surface area contributed by atoms with Crippen LogP contribution in [0.3, 0.4) is 0 Å². The van der Waals surface area contributed by atoms with Gasteiger partial charge in [0.2, 0.25) is 10.0 Å². The Morgan fingerprint density at radius 2 is 2.13 bits per heavy atom. The molecule has 126 valence electrons. The summed E-state index contributed by atoms with van der Waals surface area (Å²) in [6.45, 7) is 2.69. The Balaban J connectivity index is 1.87. The Kier molecular flexibility index (Phi) is 4.30. The van der Waals surface area contributed by atoms with Crippen molar-refractivity contribution in [2.75, 3.05) is 37.8 Å². The SMILES string of the molecule is Cc1nc(N2C[C@@H](CS(=O)(=O)N(C)C)[C@@H](O)C2)c2sccc2n1. The molecule has 3 heterocycles. The minimum absolute atomic E-state index is 0.0602. The lowest BCUT2D eigenvalue weighted by atomic mass is 10.1. The molecule has 1 N–H and O–H groups in total. The number of aryl methyl sites for hydroxylation is 1. The zero-order valence-electron chi connectivity index (χ0n) is 13.3. The van der Waals surface area contributed by atoms with Gasteiger partial charge in [-0.2, -0.15) is 0 Å². The van der Waals surface area contributed by atoms with Gasteiger partial charge in [0, 0.05) is 33.1 Å². The number of sulfonamides is 1. The third-order valence-electron chi connectivity index (χ3n) is 4.08. The molecule has 2 aromatic rings. The van der Waals surface area contributed by atoms with Crippen molar-refractivity contribution < 1.29 is 13.5 Å². The van der Waals surface area contributed by atoms with Gasteiger partial charge in [-0.1, -0.05) is 0 Å². The molecule has 0 unspecified atom stereocenters. The highest BCUT2D eigenvalue weighted by Crippen LogP contribution is 2.32. The third kappa shape index (κ3) is 3.18. The quantitative estimate of drug-likeness (QED) is 0.867. The average Bonchev–Trinajstić information content (AvgIpc) is 3.04. The maximum Gasteiger partial charge on any atom is 0.214 e. The Morgan fingerprint density at radius 3 is 2.83 bits per heavy atom. The number of aliphatic hydroxyl groups excluding tert-OH is 1. The summed E-state index contributed by atoms with van der Waals surface area (Å²) >= 11 is 1.56. The van der Waals surface area contributed by atoms with Gasteiger partial charge in [0.25, 0.3) is 0 Å². The van der Waals surface area contributed by atoms with Gasteiger partial charge in [0.05, 0.1) is 22.1 Å². The first-order valence-corrected chi connectivity index (χ1v) is 9.82. The lowest BCUT2D eigenvalue weighted by Crippen LogP contribution is -2.33. The van der Waals surface area contributed by atoms with E-state index in [-0.39, 0.29) is 11.7 Å². The predicted octanol–water partition coefficient (Wildman–Crippen LogP) is 0.688. The largest absolute Gasteiger partial charge is 0.391 e. The van der Waals surface area contributed by atoms with Crippen molar-refractivity contribution in [3.63, 3.8) is 0 Å². The van der Waals surface area contributed by atoms with E-state index in [0.717, 1.165) is 16.0 Å². The Hall–Kier alpha value is -1.29. The van der Waals surface area contributed by atoms with Crippen LogP contribution >= 0.6 is 11.3 Å². The molecule has 23 heavy (non-hydrogen) atoms. The fourth-order valence-electron chi connectivity index (χ4n) is 2.79. The number of rotatable bonds is 4. The summed E-state index contributed by atoms with van der Waals surface area (Å²) in [6, 6.07) is 1.94. The number of aromatic nitrogens is 2. The molecule has 0 bridgehead atoms. The summed E-state index contributed by atoms with van der Waals surface area (Å²) in [7, 11) is -0.321. The van der Waals surface area contributed by atoms with Crippen molar-refractivity contribution in [1.82, 2.24) is 14.3 Å². The molecule has 3 rings (SSSR count). The number of anilines is 1. The Labute approximate surface area is 139 Å². The smallest absolute Gasteiger partial charge is 0.214 e. The van der Waals surface area contributed by atoms with Crippen molar-refractivity contribution in [2.24, 2.45) is 5.92 Å². The fourth-order valence-corrected chi connectivity index (χ4v) is 4.80. The molecule has 1 aliphatic rings. The van der Waals surface area contributed by atoms with Crippen LogP contribution in [0.2, 0.25) is 0 Å². The molecule has 7 nitrogen and oxygen atoms in total. The number of thiophene rings is 1. The normalized spacial score (nSPS) is 22.4. The maximum absolute atomic E-state index is 12.1. The zero-order valence-corrected chi connectivity index (χ0v) is 14.9. The first-order chi connectivity index (χ1) is 10.8. The number of hydrogen-bond acceptors (Lipinski definition) is 7. The number of β-amino-alcohol motifs (C(OH)–C–C–N with tert-alkyl or cyclic N) is 1. The molecule has 2 aromatic heterocycles. The lowest BCUT2D eigenvalue weighted by molar-refractivity contribution is 0.157. The van der Waals surface area contributed by atoms with Gasteiger partial charge in [-0.15, -0.1) is 11.3 Å². The van der Waals surface area contributed by atoms with Crippen molar-refractivity contribution in [3.8, 4) is 0 Å². The second-order valence-corrected chi connectivity index (χ2v) is 9.17. The van der Waals surface area contributed by atoms with Crippen LogP contribution in [0.4, 0.5) is 5.82 Å². The summed E-state index contributed by atoms with van der Waals surface area (Å²) in [4.78, 5) is 10.9. The molecule has 0 aliphatic carbocycles. The second-order valence-electron chi connectivity index (χ2n) is 6.02. The van der Waals surface area contributed by atoms with Crippen LogP contribution in [0.25, 0.3) is 10.2 Å². The van der Waals surface area contributed by atoms with Crippen LogP contribution in [-0.4, -0.2) is 66.8 Å². The first-order valence-electron chi connectivity index (χ1n) is 7.33. The summed E-state index contributed by atoms with van der Waals surface area (Å²) in [6.07, 6.45) is -0.685. The minimum Gasteiger partial charge on any atom is -0.391 e. The van der Waals surface area contributed by atoms with Crippen LogP contribution in [0.1, 0.15) is 5.82 Å². The highest BCUT2D eigenvalue weighted by atomic mass is 32.2. The number of nitrogens with zero attached hydrogens (tertiary/aromatic N) is 4. The maximum atomic E-state index is 12.1. The van der Waals surface area contributed by atoms with E-state index in [4.69, 9.17) is 0 Å². The van der Waals surface area contributed by atoms with Crippen LogP contribution in [0, 0.1) is 12.8 Å². The van der Waals surface area contributed by atoms with E-state index >= 15 is 0 Å². The topological polar surface area (TPSA) is 86.6 Å². The molecule has 0 aromatic carbocycles. The van der Waals surface area contributed by atoms with Crippen molar-refractivity contribution >= 4 is 37.4 Å². The summed E-state index contributed by atoms with van der Waals surface area (Å²) in [5.74, 6) is 1.07. The molecular weight excluding hydrogens is 336 g/mol. The summed E-state index contributed by atoms with van der Waals surface area (Å²) in [5.41, 5.74) is 0.886. The van der Waals surface area contributed by atoms with Crippen molar-refractivity contribution in [3.05, 3.63) is 17.3 Å². The zero-order chi connectivity index (χ0) is 16.8. The van der Waals surface area contributed by atoms with E-state index in [1.54, 1.807) is 11.3 Å². The van der Waals surface area contributed by atoms with Gasteiger partial charge >= 0.3 is 0 Å². The van der Waals surface area contributed by atoms with Crippen molar-refractivity contribution in [1.29, 1.82) is 0 Å². The van der Waals surface area contributed by atoms with Gasteiger partial charge in [0.15, 0.2) is 0 Å². The van der Waals surface area contributed by atoms with Gasteiger partial charge in [0.1, 0.15) is 11.6 Å². The van der Waals surface area contributed by atoms with E-state index in [2.05, 4.69) is 9.97 Å². The van der Waals surface area contributed by atoms with E-state index in [1.165, 1.54) is 18.4 Å². The molecule has 1 aliphatic heterocycles. The molecule has 0 radical (unpaired) electrons. The fraction of sp³-hybridized carbons (Fsp3) is 0.571. The van der Waals surface area contributed by atoms with E-state index in [1.807, 2.05) is 23.3 Å². The number of aliphatic hydroxyl groups is 1. The molecule has 0 spiro atoms. The van der Waals surface area contributed by atoms with E-state index in [0.29, 0.717) is 18.9 Å². The third-order valence-corrected chi connectivity index (χ3v) is 6.95. The Morgan fingerprint density at radius 1 is 1.39 bits per heavy atom. The Bertz CT molecular complexity index is 819. The monoisotopic (exact) mass is 356 g/mol. The molecule has 2 atom stereocenters. The van der Waals surface area contributed by atoms with Gasteiger partial charge in [-0.05, 0) is 18.4 Å².